The van der Waals surface area contributed by atoms with E-state index in [-0.39, 0.29) is 40.5 Å². The van der Waals surface area contributed by atoms with Crippen molar-refractivity contribution in [2.75, 3.05) is 44.4 Å². The lowest BCUT2D eigenvalue weighted by atomic mass is 10.0. The zero-order chi connectivity index (χ0) is 31.6. The third kappa shape index (κ3) is 6.17. The van der Waals surface area contributed by atoms with E-state index in [4.69, 9.17) is 5.73 Å². The molecule has 2 saturated heterocycles. The molecule has 2 fully saturated rings. The fourth-order valence-electron chi connectivity index (χ4n) is 5.34. The number of β-lactam (4-membered cyclic amide) rings is 1. The van der Waals surface area contributed by atoms with E-state index >= 15 is 0 Å². The van der Waals surface area contributed by atoms with E-state index in [1.54, 1.807) is 11.0 Å². The van der Waals surface area contributed by atoms with Crippen LogP contribution in [0.4, 0.5) is 5.13 Å². The number of anilines is 1. The number of thiazole rings is 1. The molecule has 232 valence electrons. The summed E-state index contributed by atoms with van der Waals surface area (Å²) in [6.45, 7) is 2.94. The van der Waals surface area contributed by atoms with Crippen molar-refractivity contribution >= 4 is 63.6 Å². The van der Waals surface area contributed by atoms with Crippen LogP contribution in [0.5, 0.6) is 0 Å². The maximum absolute atomic E-state index is 13.3. The molecule has 17 heteroatoms. The summed E-state index contributed by atoms with van der Waals surface area (Å²) in [7, 11) is 0. The fraction of sp³-hybridized carbons (Fsp3) is 0.370. The van der Waals surface area contributed by atoms with Gasteiger partial charge in [0, 0.05) is 30.2 Å². The number of carbonyl (C=O) groups is 5. The quantitative estimate of drug-likeness (QED) is 0.0652. The molecule has 3 amide bonds. The van der Waals surface area contributed by atoms with Gasteiger partial charge >= 0.3 is 11.9 Å². The van der Waals surface area contributed by atoms with Crippen molar-refractivity contribution < 1.29 is 43.5 Å². The third-order valence-electron chi connectivity index (χ3n) is 7.41. The minimum atomic E-state index is -1.34. The predicted molar refractivity (Wildman–Crippen MR) is 159 cm³/mol. The number of quaternary nitrogens is 1. The van der Waals surface area contributed by atoms with E-state index < -0.39 is 35.2 Å². The van der Waals surface area contributed by atoms with Crippen molar-refractivity contribution in [2.45, 2.75) is 24.8 Å². The Bertz CT molecular complexity index is 1560. The molecule has 3 atom stereocenters. The fourth-order valence-corrected chi connectivity index (χ4v) is 7.20. The zero-order valence-electron chi connectivity index (χ0n) is 23.5. The summed E-state index contributed by atoms with van der Waals surface area (Å²) in [5, 5.41) is 26.6. The SMILES string of the molecule is CC(=O)ON=C(C(=O)N[C@@H]1C(=O)N2C(C(=O)O)=C(C=C3CCN(C[N+]4(CCO)C=CC=CC4)C3=O)CS[C@H]12)c1csc(N)n1. The van der Waals surface area contributed by atoms with Gasteiger partial charge in [-0.3, -0.25) is 28.7 Å². The van der Waals surface area contributed by atoms with E-state index in [1.165, 1.54) is 17.1 Å². The molecular weight excluding hydrogens is 614 g/mol. The number of nitrogens with two attached hydrogens (primary N) is 1. The van der Waals surface area contributed by atoms with Crippen molar-refractivity contribution in [1.29, 1.82) is 0 Å². The number of thioether (sulfide) groups is 1. The van der Waals surface area contributed by atoms with Crippen LogP contribution in [0.15, 0.2) is 57.9 Å². The highest BCUT2D eigenvalue weighted by molar-refractivity contribution is 8.00. The van der Waals surface area contributed by atoms with Gasteiger partial charge in [0.15, 0.2) is 17.5 Å². The molecule has 5 N–H and O–H groups in total. The lowest BCUT2D eigenvalue weighted by molar-refractivity contribution is -0.883. The number of rotatable bonds is 10. The molecule has 4 aliphatic heterocycles. The number of fused-ring (bicyclic) bond motifs is 1. The Balaban J connectivity index is 1.32. The average molecular weight is 645 g/mol. The van der Waals surface area contributed by atoms with Crippen molar-refractivity contribution in [3.63, 3.8) is 0 Å². The number of aliphatic hydroxyl groups excluding tert-OH is 1. The summed E-state index contributed by atoms with van der Waals surface area (Å²) in [5.41, 5.74) is 5.82. The topological polar surface area (TPSA) is 205 Å². The zero-order valence-corrected chi connectivity index (χ0v) is 25.2. The molecule has 0 aromatic carbocycles. The first-order valence-corrected chi connectivity index (χ1v) is 15.5. The first-order valence-electron chi connectivity index (χ1n) is 13.5. The number of aromatic nitrogens is 1. The molecule has 5 heterocycles. The van der Waals surface area contributed by atoms with E-state index in [9.17, 15) is 34.2 Å². The van der Waals surface area contributed by atoms with Gasteiger partial charge in [-0.15, -0.1) is 23.1 Å². The van der Waals surface area contributed by atoms with Crippen molar-refractivity contribution in [2.24, 2.45) is 5.16 Å². The Hall–Kier alpha value is -4.32. The molecule has 0 bridgehead atoms. The largest absolute Gasteiger partial charge is 0.477 e. The van der Waals surface area contributed by atoms with Crippen molar-refractivity contribution in [3.05, 3.63) is 58.4 Å². The lowest BCUT2D eigenvalue weighted by Crippen LogP contribution is -2.71. The van der Waals surface area contributed by atoms with Gasteiger partial charge < -0.3 is 26.1 Å². The van der Waals surface area contributed by atoms with Crippen LogP contribution in [0, 0.1) is 0 Å². The summed E-state index contributed by atoms with van der Waals surface area (Å²) in [6.07, 6.45) is 9.69. The maximum Gasteiger partial charge on any atom is 0.352 e. The molecule has 0 aliphatic carbocycles. The van der Waals surface area contributed by atoms with E-state index in [0.717, 1.165) is 23.2 Å². The molecule has 44 heavy (non-hydrogen) atoms. The number of amides is 3. The number of aliphatic hydroxyl groups is 1. The average Bonchev–Trinajstić information content (AvgIpc) is 3.56. The molecule has 0 radical (unpaired) electrons. The number of oxime groups is 1. The monoisotopic (exact) mass is 644 g/mol. The van der Waals surface area contributed by atoms with Gasteiger partial charge in [0.05, 0.1) is 12.8 Å². The highest BCUT2D eigenvalue weighted by Crippen LogP contribution is 2.41. The number of aliphatic carboxylic acids is 1. The van der Waals surface area contributed by atoms with Crippen LogP contribution in [-0.4, -0.2) is 115 Å². The first kappa shape index (κ1) is 31.1. The Labute approximate surface area is 259 Å². The number of nitrogens with one attached hydrogen (secondary N) is 1. The number of hydrogen-bond acceptors (Lipinski definition) is 12. The second-order valence-electron chi connectivity index (χ2n) is 10.4. The lowest BCUT2D eigenvalue weighted by Gasteiger charge is -2.49. The molecular formula is C27H30N7O8S2+. The molecule has 0 saturated carbocycles. The minimum Gasteiger partial charge on any atom is -0.477 e. The normalized spacial score (nSPS) is 25.8. The van der Waals surface area contributed by atoms with E-state index in [1.807, 2.05) is 24.4 Å². The Morgan fingerprint density at radius 1 is 1.32 bits per heavy atom. The summed E-state index contributed by atoms with van der Waals surface area (Å²) < 4.78 is 0.394. The Kier molecular flexibility index (Phi) is 9.00. The number of allylic oxidation sites excluding steroid dienone is 3. The number of carbonyl (C=O) groups excluding carboxylic acids is 4. The summed E-state index contributed by atoms with van der Waals surface area (Å²) in [6, 6.07) is -1.09. The number of nitrogen functional groups attached to an aromatic ring is 1. The van der Waals surface area contributed by atoms with Gasteiger partial charge in [-0.25, -0.2) is 14.6 Å². The summed E-state index contributed by atoms with van der Waals surface area (Å²) >= 11 is 2.27. The maximum atomic E-state index is 13.3. The highest BCUT2D eigenvalue weighted by Gasteiger charge is 2.54. The van der Waals surface area contributed by atoms with Gasteiger partial charge in [0.25, 0.3) is 17.7 Å². The smallest absolute Gasteiger partial charge is 0.352 e. The van der Waals surface area contributed by atoms with Crippen LogP contribution in [0.25, 0.3) is 0 Å². The van der Waals surface area contributed by atoms with Crippen LogP contribution in [0.2, 0.25) is 0 Å². The molecule has 15 nitrogen and oxygen atoms in total. The standard InChI is InChI=1S/C27H29N7O8S2/c1-15(36)42-31-19(18-13-44-27(28)29-18)22(37)30-20-24(39)33-21(26(40)41)17(12-43-25(20)33)11-16-5-6-32(23(16)38)14-34(9-10-35)7-3-2-4-8-34/h2-4,7,11,13,20,25,35H,5-6,8-10,12,14H2,1H3,(H3-,28,29,30,37,40,41)/p+1/t20-,25-,34?/m1/s1. The first-order chi connectivity index (χ1) is 21.0. The molecule has 1 unspecified atom stereocenters. The van der Waals surface area contributed by atoms with E-state index in [0.29, 0.717) is 48.4 Å². The van der Waals surface area contributed by atoms with Crippen LogP contribution in [0.3, 0.4) is 0 Å². The van der Waals surface area contributed by atoms with Crippen LogP contribution in [-0.2, 0) is 28.8 Å². The van der Waals surface area contributed by atoms with Gasteiger partial charge in [0.2, 0.25) is 0 Å². The summed E-state index contributed by atoms with van der Waals surface area (Å²) in [4.78, 5) is 74.7. The molecule has 4 aliphatic rings. The molecule has 5 rings (SSSR count). The molecule has 1 aromatic heterocycles. The van der Waals surface area contributed by atoms with Crippen molar-refractivity contribution in [3.8, 4) is 0 Å². The molecule has 1 aromatic rings. The Morgan fingerprint density at radius 2 is 2.11 bits per heavy atom. The number of carboxylic acids is 1. The minimum absolute atomic E-state index is 0.0403. The second kappa shape index (κ2) is 12.7. The third-order valence-corrected chi connectivity index (χ3v) is 9.39. The van der Waals surface area contributed by atoms with Gasteiger partial charge in [-0.05, 0) is 30.2 Å². The molecule has 0 spiro atoms. The highest BCUT2D eigenvalue weighted by atomic mass is 32.2. The van der Waals surface area contributed by atoms with Crippen LogP contribution in [0.1, 0.15) is 19.0 Å². The Morgan fingerprint density at radius 3 is 2.75 bits per heavy atom. The number of carboxylic acid groups (broad SMARTS) is 1. The summed E-state index contributed by atoms with van der Waals surface area (Å²) in [5.74, 6) is -3.69. The number of nitrogens with zero attached hydrogens (tertiary/aromatic N) is 5. The number of hydrogen-bond donors (Lipinski definition) is 4. The van der Waals surface area contributed by atoms with Gasteiger partial charge in [-0.2, -0.15) is 0 Å². The van der Waals surface area contributed by atoms with Gasteiger partial charge in [0.1, 0.15) is 35.9 Å². The number of likely N-dealkylation sites (tertiary alicyclic amines) is 1. The second-order valence-corrected chi connectivity index (χ2v) is 12.4. The van der Waals surface area contributed by atoms with Crippen LogP contribution >= 0.6 is 23.1 Å². The van der Waals surface area contributed by atoms with Crippen molar-refractivity contribution in [1.82, 2.24) is 20.1 Å². The predicted octanol–water partition coefficient (Wildman–Crippen LogP) is -0.260. The van der Waals surface area contributed by atoms with E-state index in [2.05, 4.69) is 20.3 Å². The van der Waals surface area contributed by atoms with Gasteiger partial charge in [-0.1, -0.05) is 11.2 Å². The van der Waals surface area contributed by atoms with Crippen LogP contribution < -0.4 is 11.1 Å².